The summed E-state index contributed by atoms with van der Waals surface area (Å²) in [7, 11) is 0. The number of hydrogen-bond acceptors (Lipinski definition) is 5. The number of nitro groups is 1. The molecule has 0 amide bonds. The lowest BCUT2D eigenvalue weighted by molar-refractivity contribution is -0.385. The molecule has 1 aliphatic rings. The fraction of sp³-hybridized carbons (Fsp3) is 0.579. The minimum atomic E-state index is -1.48. The third-order valence-corrected chi connectivity index (χ3v) is 6.85. The third kappa shape index (κ3) is 3.41. The fourth-order valence-corrected chi connectivity index (χ4v) is 4.92. The highest BCUT2D eigenvalue weighted by atomic mass is 79.9. The van der Waals surface area contributed by atoms with E-state index in [2.05, 4.69) is 21.2 Å². The number of aliphatic carboxylic acids is 2. The molecule has 0 saturated carbocycles. The van der Waals surface area contributed by atoms with E-state index in [-0.39, 0.29) is 12.1 Å². The normalized spacial score (nSPS) is 32.6. The highest BCUT2D eigenvalue weighted by molar-refractivity contribution is 9.09. The minimum absolute atomic E-state index is 0.191. The van der Waals surface area contributed by atoms with Crippen molar-refractivity contribution >= 4 is 33.6 Å². The van der Waals surface area contributed by atoms with Gasteiger partial charge in [-0.15, -0.1) is 0 Å². The van der Waals surface area contributed by atoms with Crippen LogP contribution in [-0.4, -0.2) is 44.5 Å². The van der Waals surface area contributed by atoms with Crippen molar-refractivity contribution in [2.24, 2.45) is 10.8 Å². The Hall–Kier alpha value is -2.00. The second-order valence-electron chi connectivity index (χ2n) is 7.62. The Kier molecular flexibility index (Phi) is 6.50. The van der Waals surface area contributed by atoms with Crippen LogP contribution in [-0.2, 0) is 9.59 Å². The Morgan fingerprint density at radius 1 is 1.25 bits per heavy atom. The molecule has 5 unspecified atom stereocenters. The lowest BCUT2D eigenvalue weighted by Gasteiger charge is -2.56. The fourth-order valence-electron chi connectivity index (χ4n) is 4.64. The zero-order valence-corrected chi connectivity index (χ0v) is 17.6. The SMILES string of the molecule is CC1NC(C)C(CCCBr)(C(=O)O)C(c2cccc([N+](=O)[O-])c2)C1(C)C(=O)O. The van der Waals surface area contributed by atoms with Crippen molar-refractivity contribution in [3.8, 4) is 0 Å². The molecule has 9 heteroatoms. The van der Waals surface area contributed by atoms with Crippen LogP contribution in [0.3, 0.4) is 0 Å². The number of carbonyl (C=O) groups is 2. The Morgan fingerprint density at radius 3 is 2.39 bits per heavy atom. The van der Waals surface area contributed by atoms with E-state index >= 15 is 0 Å². The van der Waals surface area contributed by atoms with E-state index in [1.165, 1.54) is 25.1 Å². The van der Waals surface area contributed by atoms with Crippen molar-refractivity contribution in [1.29, 1.82) is 0 Å². The molecule has 0 aromatic heterocycles. The maximum Gasteiger partial charge on any atom is 0.311 e. The molecule has 28 heavy (non-hydrogen) atoms. The third-order valence-electron chi connectivity index (χ3n) is 6.28. The van der Waals surface area contributed by atoms with Gasteiger partial charge in [-0.3, -0.25) is 19.7 Å². The Bertz CT molecular complexity index is 787. The predicted octanol–water partition coefficient (Wildman–Crippen LogP) is 3.40. The molecule has 5 atom stereocenters. The highest BCUT2D eigenvalue weighted by Gasteiger charge is 2.64. The molecule has 1 aliphatic heterocycles. The molecule has 2 rings (SSSR count). The molecule has 1 aromatic carbocycles. The molecule has 1 fully saturated rings. The van der Waals surface area contributed by atoms with Crippen molar-refractivity contribution in [1.82, 2.24) is 5.32 Å². The van der Waals surface area contributed by atoms with Gasteiger partial charge in [0.05, 0.1) is 15.8 Å². The van der Waals surface area contributed by atoms with Gasteiger partial charge in [0.25, 0.3) is 5.69 Å². The van der Waals surface area contributed by atoms with Gasteiger partial charge in [-0.05, 0) is 39.2 Å². The van der Waals surface area contributed by atoms with Crippen LogP contribution in [0.1, 0.15) is 45.1 Å². The monoisotopic (exact) mass is 456 g/mol. The summed E-state index contributed by atoms with van der Waals surface area (Å²) in [5, 5.41) is 35.4. The van der Waals surface area contributed by atoms with Crippen LogP contribution in [0.4, 0.5) is 5.69 Å². The molecule has 0 bridgehead atoms. The van der Waals surface area contributed by atoms with Crippen LogP contribution >= 0.6 is 15.9 Å². The summed E-state index contributed by atoms with van der Waals surface area (Å²) in [6, 6.07) is 4.62. The molecular weight excluding hydrogens is 432 g/mol. The second-order valence-corrected chi connectivity index (χ2v) is 8.41. The van der Waals surface area contributed by atoms with Gasteiger partial charge < -0.3 is 15.5 Å². The van der Waals surface area contributed by atoms with Crippen molar-refractivity contribution in [3.05, 3.63) is 39.9 Å². The standard InChI is InChI=1S/C19H25BrN2O6/c1-11-18(3,16(23)24)15(13-6-4-7-14(10-13)22(27)28)19(17(25)26,8-5-9-20)12(2)21-11/h4,6-7,10-12,15,21H,5,8-9H2,1-3H3,(H,23,24)(H,25,26). The van der Waals surface area contributed by atoms with Crippen LogP contribution in [0, 0.1) is 20.9 Å². The van der Waals surface area contributed by atoms with Gasteiger partial charge in [-0.2, -0.15) is 0 Å². The van der Waals surface area contributed by atoms with E-state index < -0.39 is 45.7 Å². The number of piperidine rings is 1. The van der Waals surface area contributed by atoms with Crippen molar-refractivity contribution < 1.29 is 24.7 Å². The molecule has 0 spiro atoms. The van der Waals surface area contributed by atoms with E-state index in [4.69, 9.17) is 0 Å². The summed E-state index contributed by atoms with van der Waals surface area (Å²) in [6.07, 6.45) is 0.749. The van der Waals surface area contributed by atoms with E-state index in [1.54, 1.807) is 19.9 Å². The Morgan fingerprint density at radius 2 is 1.89 bits per heavy atom. The number of nitrogens with one attached hydrogen (secondary N) is 1. The average Bonchev–Trinajstić information content (AvgIpc) is 2.63. The summed E-state index contributed by atoms with van der Waals surface area (Å²) in [4.78, 5) is 35.8. The lowest BCUT2D eigenvalue weighted by atomic mass is 9.51. The second kappa shape index (κ2) is 8.16. The van der Waals surface area contributed by atoms with E-state index in [1.807, 2.05) is 0 Å². The molecule has 154 valence electrons. The van der Waals surface area contributed by atoms with Gasteiger partial charge in [0, 0.05) is 35.5 Å². The highest BCUT2D eigenvalue weighted by Crippen LogP contribution is 2.57. The minimum Gasteiger partial charge on any atom is -0.481 e. The number of alkyl halides is 1. The zero-order valence-electron chi connectivity index (χ0n) is 16.0. The lowest BCUT2D eigenvalue weighted by Crippen LogP contribution is -2.68. The van der Waals surface area contributed by atoms with Crippen molar-refractivity contribution in [2.45, 2.75) is 51.6 Å². The quantitative estimate of drug-likeness (QED) is 0.325. The number of carboxylic acid groups (broad SMARTS) is 2. The molecule has 1 saturated heterocycles. The molecule has 0 aliphatic carbocycles. The number of carboxylic acids is 2. The molecule has 0 radical (unpaired) electrons. The number of rotatable bonds is 7. The summed E-state index contributed by atoms with van der Waals surface area (Å²) in [5.74, 6) is -3.20. The van der Waals surface area contributed by atoms with Gasteiger partial charge >= 0.3 is 11.9 Å². The van der Waals surface area contributed by atoms with Crippen LogP contribution in [0.25, 0.3) is 0 Å². The van der Waals surface area contributed by atoms with Crippen molar-refractivity contribution in [2.75, 3.05) is 5.33 Å². The van der Waals surface area contributed by atoms with Crippen LogP contribution < -0.4 is 5.32 Å². The number of non-ortho nitro benzene ring substituents is 1. The molecular formula is C19H25BrN2O6. The van der Waals surface area contributed by atoms with Gasteiger partial charge in [-0.25, -0.2) is 0 Å². The van der Waals surface area contributed by atoms with Gasteiger partial charge in [0.15, 0.2) is 0 Å². The molecule has 3 N–H and O–H groups in total. The smallest absolute Gasteiger partial charge is 0.311 e. The Balaban J connectivity index is 2.84. The maximum absolute atomic E-state index is 12.6. The van der Waals surface area contributed by atoms with E-state index in [0.717, 1.165) is 0 Å². The number of hydrogen-bond donors (Lipinski definition) is 3. The topological polar surface area (TPSA) is 130 Å². The number of nitro benzene ring substituents is 1. The predicted molar refractivity (Wildman–Crippen MR) is 107 cm³/mol. The first-order chi connectivity index (χ1) is 13.0. The molecule has 1 heterocycles. The first kappa shape index (κ1) is 22.3. The van der Waals surface area contributed by atoms with E-state index in [0.29, 0.717) is 17.3 Å². The molecule has 1 aromatic rings. The van der Waals surface area contributed by atoms with E-state index in [9.17, 15) is 29.9 Å². The summed E-state index contributed by atoms with van der Waals surface area (Å²) >= 11 is 3.33. The molecule has 8 nitrogen and oxygen atoms in total. The van der Waals surface area contributed by atoms with Gasteiger partial charge in [-0.1, -0.05) is 28.1 Å². The van der Waals surface area contributed by atoms with Gasteiger partial charge in [0.1, 0.15) is 0 Å². The summed E-state index contributed by atoms with van der Waals surface area (Å²) in [5.41, 5.74) is -2.75. The number of benzene rings is 1. The maximum atomic E-state index is 12.6. The number of nitrogens with zero attached hydrogens (tertiary/aromatic N) is 1. The van der Waals surface area contributed by atoms with Crippen LogP contribution in [0.5, 0.6) is 0 Å². The van der Waals surface area contributed by atoms with Crippen LogP contribution in [0.15, 0.2) is 24.3 Å². The first-order valence-electron chi connectivity index (χ1n) is 9.06. The zero-order chi connectivity index (χ0) is 21.3. The largest absolute Gasteiger partial charge is 0.481 e. The van der Waals surface area contributed by atoms with Gasteiger partial charge in [0.2, 0.25) is 0 Å². The summed E-state index contributed by atoms with van der Waals surface area (Å²) in [6.45, 7) is 4.98. The average molecular weight is 457 g/mol. The number of halogens is 1. The first-order valence-corrected chi connectivity index (χ1v) is 10.2. The van der Waals surface area contributed by atoms with Crippen LogP contribution in [0.2, 0.25) is 0 Å². The van der Waals surface area contributed by atoms with Crippen molar-refractivity contribution in [3.63, 3.8) is 0 Å². The Labute approximate surface area is 171 Å². The summed E-state index contributed by atoms with van der Waals surface area (Å²) < 4.78 is 0.